The van der Waals surface area contributed by atoms with Crippen molar-refractivity contribution in [2.24, 2.45) is 0 Å². The first-order valence-electron chi connectivity index (χ1n) is 7.96. The van der Waals surface area contributed by atoms with Gasteiger partial charge in [-0.1, -0.05) is 35.3 Å². The summed E-state index contributed by atoms with van der Waals surface area (Å²) >= 11 is 12.1. The fraction of sp³-hybridized carbons (Fsp3) is 0.158. The third-order valence-electron chi connectivity index (χ3n) is 4.23. The number of pyridine rings is 1. The fourth-order valence-electron chi connectivity index (χ4n) is 2.93. The molecule has 0 fully saturated rings. The van der Waals surface area contributed by atoms with E-state index >= 15 is 0 Å². The molecule has 2 aromatic carbocycles. The maximum absolute atomic E-state index is 14.7. The van der Waals surface area contributed by atoms with E-state index in [9.17, 15) is 24.2 Å². The lowest BCUT2D eigenvalue weighted by Gasteiger charge is -2.13. The van der Waals surface area contributed by atoms with Gasteiger partial charge in [0, 0.05) is 24.5 Å². The SMILES string of the molecule is O=C(O)c1cn(CCO)c2cc(F)c(Cc3cccc(Cl)c3Cl)cc2c1=O. The number of nitrogens with zero attached hydrogens (tertiary/aromatic N) is 1. The molecular weight excluding hydrogens is 396 g/mol. The van der Waals surface area contributed by atoms with Crippen LogP contribution in [0.2, 0.25) is 10.0 Å². The third-order valence-corrected chi connectivity index (χ3v) is 5.09. The number of aliphatic hydroxyl groups is 1. The predicted octanol–water partition coefficient (Wildman–Crippen LogP) is 3.73. The normalized spacial score (nSPS) is 11.1. The number of halogens is 3. The highest BCUT2D eigenvalue weighted by Crippen LogP contribution is 2.29. The van der Waals surface area contributed by atoms with Crippen molar-refractivity contribution in [2.75, 3.05) is 6.61 Å². The highest BCUT2D eigenvalue weighted by Gasteiger charge is 2.17. The number of aromatic nitrogens is 1. The molecule has 3 rings (SSSR count). The molecule has 0 aliphatic heterocycles. The fourth-order valence-corrected chi connectivity index (χ4v) is 3.31. The largest absolute Gasteiger partial charge is 0.477 e. The molecule has 0 atom stereocenters. The van der Waals surface area contributed by atoms with Crippen LogP contribution in [-0.4, -0.2) is 27.4 Å². The number of rotatable bonds is 5. The molecule has 0 saturated heterocycles. The maximum Gasteiger partial charge on any atom is 0.341 e. The zero-order valence-corrected chi connectivity index (χ0v) is 15.4. The molecule has 0 amide bonds. The summed E-state index contributed by atoms with van der Waals surface area (Å²) in [5, 5.41) is 19.1. The number of hydrogen-bond donors (Lipinski definition) is 2. The number of hydrogen-bond acceptors (Lipinski definition) is 3. The van der Waals surface area contributed by atoms with Crippen molar-refractivity contribution in [3.63, 3.8) is 0 Å². The summed E-state index contributed by atoms with van der Waals surface area (Å²) in [5.74, 6) is -1.97. The van der Waals surface area contributed by atoms with Gasteiger partial charge in [-0.15, -0.1) is 0 Å². The van der Waals surface area contributed by atoms with Gasteiger partial charge in [0.05, 0.1) is 22.2 Å². The molecule has 0 unspecified atom stereocenters. The Bertz CT molecular complexity index is 1110. The van der Waals surface area contributed by atoms with E-state index < -0.39 is 22.8 Å². The quantitative estimate of drug-likeness (QED) is 0.672. The topological polar surface area (TPSA) is 79.5 Å². The van der Waals surface area contributed by atoms with Crippen LogP contribution in [0, 0.1) is 5.82 Å². The van der Waals surface area contributed by atoms with Gasteiger partial charge in [0.15, 0.2) is 0 Å². The monoisotopic (exact) mass is 409 g/mol. The van der Waals surface area contributed by atoms with Crippen molar-refractivity contribution < 1.29 is 19.4 Å². The number of fused-ring (bicyclic) bond motifs is 1. The predicted molar refractivity (Wildman–Crippen MR) is 101 cm³/mol. The second kappa shape index (κ2) is 7.68. The van der Waals surface area contributed by atoms with Gasteiger partial charge < -0.3 is 14.8 Å². The van der Waals surface area contributed by atoms with Crippen LogP contribution in [0.3, 0.4) is 0 Å². The van der Waals surface area contributed by atoms with Gasteiger partial charge in [0.1, 0.15) is 11.4 Å². The van der Waals surface area contributed by atoms with E-state index in [1.807, 2.05) is 0 Å². The molecule has 0 radical (unpaired) electrons. The molecule has 27 heavy (non-hydrogen) atoms. The van der Waals surface area contributed by atoms with Gasteiger partial charge in [0.2, 0.25) is 5.43 Å². The zero-order chi connectivity index (χ0) is 19.7. The van der Waals surface area contributed by atoms with Gasteiger partial charge in [-0.3, -0.25) is 4.79 Å². The Morgan fingerprint density at radius 1 is 1.19 bits per heavy atom. The minimum Gasteiger partial charge on any atom is -0.477 e. The molecule has 0 spiro atoms. The number of carboxylic acid groups (broad SMARTS) is 1. The lowest BCUT2D eigenvalue weighted by atomic mass is 10.0. The molecule has 5 nitrogen and oxygen atoms in total. The molecule has 0 aliphatic rings. The molecule has 1 heterocycles. The first-order valence-corrected chi connectivity index (χ1v) is 8.71. The van der Waals surface area contributed by atoms with Crippen LogP contribution in [0.15, 0.2) is 41.3 Å². The highest BCUT2D eigenvalue weighted by atomic mass is 35.5. The van der Waals surface area contributed by atoms with Crippen LogP contribution in [0.25, 0.3) is 10.9 Å². The van der Waals surface area contributed by atoms with E-state index in [1.54, 1.807) is 18.2 Å². The minimum atomic E-state index is -1.39. The van der Waals surface area contributed by atoms with Crippen LogP contribution in [0.4, 0.5) is 4.39 Å². The number of aromatic carboxylic acids is 1. The van der Waals surface area contributed by atoms with Crippen LogP contribution in [0.5, 0.6) is 0 Å². The smallest absolute Gasteiger partial charge is 0.341 e. The lowest BCUT2D eigenvalue weighted by Crippen LogP contribution is -2.20. The molecule has 2 N–H and O–H groups in total. The summed E-state index contributed by atoms with van der Waals surface area (Å²) in [7, 11) is 0. The molecule has 140 valence electrons. The van der Waals surface area contributed by atoms with Gasteiger partial charge in [0.25, 0.3) is 0 Å². The number of benzene rings is 2. The van der Waals surface area contributed by atoms with Crippen molar-refractivity contribution in [1.82, 2.24) is 4.57 Å². The summed E-state index contributed by atoms with van der Waals surface area (Å²) in [6.07, 6.45) is 1.19. The second-order valence-corrected chi connectivity index (χ2v) is 6.73. The van der Waals surface area contributed by atoms with Gasteiger partial charge in [-0.2, -0.15) is 0 Å². The van der Waals surface area contributed by atoms with E-state index in [0.29, 0.717) is 10.6 Å². The molecule has 0 saturated carbocycles. The van der Waals surface area contributed by atoms with E-state index in [-0.39, 0.29) is 41.1 Å². The van der Waals surface area contributed by atoms with E-state index in [4.69, 9.17) is 23.2 Å². The van der Waals surface area contributed by atoms with Crippen LogP contribution >= 0.6 is 23.2 Å². The molecule has 3 aromatic rings. The Morgan fingerprint density at radius 2 is 1.93 bits per heavy atom. The van der Waals surface area contributed by atoms with Gasteiger partial charge in [-0.05, 0) is 29.3 Å². The Balaban J connectivity index is 2.23. The average Bonchev–Trinajstić information content (AvgIpc) is 2.62. The summed E-state index contributed by atoms with van der Waals surface area (Å²) in [6, 6.07) is 7.46. The summed E-state index contributed by atoms with van der Waals surface area (Å²) in [5.41, 5.74) is -0.203. The van der Waals surface area contributed by atoms with Gasteiger partial charge >= 0.3 is 5.97 Å². The van der Waals surface area contributed by atoms with Crippen LogP contribution < -0.4 is 5.43 Å². The number of aliphatic hydroxyl groups excluding tert-OH is 1. The first kappa shape index (κ1) is 19.4. The van der Waals surface area contributed by atoms with Crippen molar-refractivity contribution in [2.45, 2.75) is 13.0 Å². The Morgan fingerprint density at radius 3 is 2.59 bits per heavy atom. The summed E-state index contributed by atoms with van der Waals surface area (Å²) in [6.45, 7) is -0.269. The summed E-state index contributed by atoms with van der Waals surface area (Å²) < 4.78 is 16.0. The van der Waals surface area contributed by atoms with E-state index in [2.05, 4.69) is 0 Å². The Hall–Kier alpha value is -2.41. The summed E-state index contributed by atoms with van der Waals surface area (Å²) in [4.78, 5) is 23.9. The molecule has 0 aliphatic carbocycles. The Kier molecular flexibility index (Phi) is 5.51. The zero-order valence-electron chi connectivity index (χ0n) is 13.9. The van der Waals surface area contributed by atoms with Crippen LogP contribution in [-0.2, 0) is 13.0 Å². The van der Waals surface area contributed by atoms with E-state index in [1.165, 1.54) is 10.6 Å². The molecule has 0 bridgehead atoms. The Labute approximate surface area is 163 Å². The van der Waals surface area contributed by atoms with Crippen molar-refractivity contribution in [3.8, 4) is 0 Å². The second-order valence-electron chi connectivity index (χ2n) is 5.94. The maximum atomic E-state index is 14.7. The minimum absolute atomic E-state index is 0.0238. The molecule has 8 heteroatoms. The first-order chi connectivity index (χ1) is 12.8. The highest BCUT2D eigenvalue weighted by molar-refractivity contribution is 6.42. The lowest BCUT2D eigenvalue weighted by molar-refractivity contribution is 0.0694. The van der Waals surface area contributed by atoms with Crippen molar-refractivity contribution >= 4 is 40.1 Å². The van der Waals surface area contributed by atoms with Gasteiger partial charge in [-0.25, -0.2) is 9.18 Å². The number of carboxylic acids is 1. The van der Waals surface area contributed by atoms with Crippen molar-refractivity contribution in [1.29, 1.82) is 0 Å². The average molecular weight is 410 g/mol. The standard InChI is InChI=1S/C19H14Cl2FNO4/c20-14-3-1-2-10(17(14)21)6-11-7-12-16(8-15(11)22)23(4-5-24)9-13(18(12)25)19(26)27/h1-3,7-9,24H,4-6H2,(H,26,27). The number of carbonyl (C=O) groups is 1. The molecule has 1 aromatic heterocycles. The van der Waals surface area contributed by atoms with Crippen LogP contribution in [0.1, 0.15) is 21.5 Å². The third kappa shape index (κ3) is 3.69. The van der Waals surface area contributed by atoms with Crippen molar-refractivity contribution in [3.05, 3.63) is 79.3 Å². The van der Waals surface area contributed by atoms with E-state index in [0.717, 1.165) is 12.3 Å². The molecular formula is C19H14Cl2FNO4.